The van der Waals surface area contributed by atoms with Gasteiger partial charge in [0.05, 0.1) is 24.2 Å². The summed E-state index contributed by atoms with van der Waals surface area (Å²) in [5, 5.41) is 9.16. The van der Waals surface area contributed by atoms with E-state index in [1.165, 1.54) is 8.61 Å². The Morgan fingerprint density at radius 2 is 1.96 bits per heavy atom. The van der Waals surface area contributed by atoms with Crippen molar-refractivity contribution in [3.8, 4) is 11.3 Å². The van der Waals surface area contributed by atoms with Gasteiger partial charge < -0.3 is 5.11 Å². The topological polar surface area (TPSA) is 86.6 Å². The van der Waals surface area contributed by atoms with Crippen LogP contribution in [0.25, 0.3) is 11.3 Å². The molecule has 1 N–H and O–H groups in total. The Labute approximate surface area is 154 Å². The largest absolute Gasteiger partial charge is 0.392 e. The molecule has 1 aliphatic rings. The molecule has 8 heteroatoms. The minimum absolute atomic E-state index is 0.00422. The maximum absolute atomic E-state index is 12.4. The number of hydrogen-bond donors (Lipinski definition) is 1. The first-order chi connectivity index (χ1) is 12.4. The molecule has 1 atom stereocenters. The third-order valence-corrected chi connectivity index (χ3v) is 6.58. The Morgan fingerprint density at radius 1 is 1.23 bits per heavy atom. The second-order valence-electron chi connectivity index (χ2n) is 6.67. The second-order valence-corrected chi connectivity index (χ2v) is 8.81. The summed E-state index contributed by atoms with van der Waals surface area (Å²) in [4.78, 5) is 9.03. The van der Waals surface area contributed by atoms with Gasteiger partial charge in [-0.3, -0.25) is 4.98 Å². The van der Waals surface area contributed by atoms with E-state index < -0.39 is 10.2 Å². The number of aliphatic hydroxyl groups excluding tert-OH is 1. The predicted octanol–water partition coefficient (Wildman–Crippen LogP) is 1.62. The van der Waals surface area contributed by atoms with Crippen LogP contribution >= 0.6 is 0 Å². The highest BCUT2D eigenvalue weighted by Crippen LogP contribution is 2.28. The van der Waals surface area contributed by atoms with Crippen molar-refractivity contribution in [2.24, 2.45) is 0 Å². The third-order valence-electron chi connectivity index (χ3n) is 4.68. The van der Waals surface area contributed by atoms with Gasteiger partial charge in [0.25, 0.3) is 10.2 Å². The van der Waals surface area contributed by atoms with Gasteiger partial charge >= 0.3 is 0 Å². The lowest BCUT2D eigenvalue weighted by Crippen LogP contribution is -2.45. The molecule has 1 aromatic heterocycles. The number of aromatic nitrogens is 2. The molecule has 26 heavy (non-hydrogen) atoms. The molecule has 7 nitrogen and oxygen atoms in total. The van der Waals surface area contributed by atoms with Crippen molar-refractivity contribution in [3.05, 3.63) is 47.9 Å². The molecule has 0 saturated carbocycles. The van der Waals surface area contributed by atoms with E-state index in [0.717, 1.165) is 35.4 Å². The Morgan fingerprint density at radius 3 is 2.62 bits per heavy atom. The van der Waals surface area contributed by atoms with Crippen molar-refractivity contribution in [1.82, 2.24) is 18.6 Å². The molecule has 1 aromatic carbocycles. The molecule has 2 aromatic rings. The van der Waals surface area contributed by atoms with E-state index in [-0.39, 0.29) is 12.5 Å². The number of rotatable bonds is 5. The van der Waals surface area contributed by atoms with Gasteiger partial charge in [0, 0.05) is 44.9 Å². The zero-order valence-corrected chi connectivity index (χ0v) is 15.9. The van der Waals surface area contributed by atoms with Crippen molar-refractivity contribution in [2.75, 3.05) is 27.2 Å². The van der Waals surface area contributed by atoms with Crippen molar-refractivity contribution in [3.63, 3.8) is 0 Å². The Bertz CT molecular complexity index is 853. The van der Waals surface area contributed by atoms with Crippen LogP contribution in [-0.4, -0.2) is 59.3 Å². The Hall–Kier alpha value is -1.87. The van der Waals surface area contributed by atoms with Crippen LogP contribution in [0, 0.1) is 0 Å². The summed E-state index contributed by atoms with van der Waals surface area (Å²) in [5.74, 6) is 0.0302. The zero-order valence-electron chi connectivity index (χ0n) is 15.0. The van der Waals surface area contributed by atoms with E-state index in [1.807, 2.05) is 24.3 Å². The van der Waals surface area contributed by atoms with E-state index in [0.29, 0.717) is 13.1 Å². The minimum Gasteiger partial charge on any atom is -0.392 e. The molecule has 1 saturated heterocycles. The minimum atomic E-state index is -3.42. The van der Waals surface area contributed by atoms with Gasteiger partial charge in [-0.2, -0.15) is 17.0 Å². The van der Waals surface area contributed by atoms with Crippen molar-refractivity contribution in [1.29, 1.82) is 0 Å². The van der Waals surface area contributed by atoms with Crippen LogP contribution in [0.5, 0.6) is 0 Å². The maximum atomic E-state index is 12.4. The van der Waals surface area contributed by atoms with Crippen LogP contribution in [0.1, 0.15) is 30.0 Å². The van der Waals surface area contributed by atoms with E-state index in [1.54, 1.807) is 26.5 Å². The van der Waals surface area contributed by atoms with Crippen LogP contribution in [0.15, 0.2) is 36.7 Å². The SMILES string of the molecule is CN(C)S(=O)(=O)N1CCCC(c2cncc(-c3ccc(CO)cc3)n2)C1. The lowest BCUT2D eigenvalue weighted by molar-refractivity contribution is 0.282. The highest BCUT2D eigenvalue weighted by Gasteiger charge is 2.31. The first-order valence-electron chi connectivity index (χ1n) is 8.61. The molecule has 1 aliphatic heterocycles. The fourth-order valence-electron chi connectivity index (χ4n) is 3.12. The summed E-state index contributed by atoms with van der Waals surface area (Å²) in [5.41, 5.74) is 3.33. The van der Waals surface area contributed by atoms with Crippen LogP contribution in [0.4, 0.5) is 0 Å². The fourth-order valence-corrected chi connectivity index (χ4v) is 4.31. The molecule has 0 amide bonds. The van der Waals surface area contributed by atoms with E-state index in [2.05, 4.69) is 4.98 Å². The van der Waals surface area contributed by atoms with E-state index in [9.17, 15) is 8.42 Å². The van der Waals surface area contributed by atoms with Crippen LogP contribution in [-0.2, 0) is 16.8 Å². The summed E-state index contributed by atoms with van der Waals surface area (Å²) in [6.07, 6.45) is 5.12. The quantitative estimate of drug-likeness (QED) is 0.857. The molecule has 140 valence electrons. The molecule has 0 bridgehead atoms. The van der Waals surface area contributed by atoms with Gasteiger partial charge in [-0.25, -0.2) is 4.98 Å². The summed E-state index contributed by atoms with van der Waals surface area (Å²) in [6, 6.07) is 7.53. The lowest BCUT2D eigenvalue weighted by Gasteiger charge is -2.33. The van der Waals surface area contributed by atoms with Crippen molar-refractivity contribution < 1.29 is 13.5 Å². The van der Waals surface area contributed by atoms with Gasteiger partial charge in [0.15, 0.2) is 0 Å². The lowest BCUT2D eigenvalue weighted by atomic mass is 9.96. The average molecular weight is 376 g/mol. The highest BCUT2D eigenvalue weighted by molar-refractivity contribution is 7.86. The van der Waals surface area contributed by atoms with Gasteiger partial charge in [0.2, 0.25) is 0 Å². The molecule has 0 aliphatic carbocycles. The number of piperidine rings is 1. The number of hydrogen-bond acceptors (Lipinski definition) is 5. The van der Waals surface area contributed by atoms with Crippen LogP contribution in [0.2, 0.25) is 0 Å². The molecular formula is C18H24N4O3S. The maximum Gasteiger partial charge on any atom is 0.281 e. The normalized spacial score (nSPS) is 19.0. The second kappa shape index (κ2) is 7.79. The molecule has 3 rings (SSSR count). The summed E-state index contributed by atoms with van der Waals surface area (Å²) in [7, 11) is -0.314. The smallest absolute Gasteiger partial charge is 0.281 e. The summed E-state index contributed by atoms with van der Waals surface area (Å²) >= 11 is 0. The van der Waals surface area contributed by atoms with Crippen LogP contribution in [0.3, 0.4) is 0 Å². The molecule has 2 heterocycles. The standard InChI is InChI=1S/C18H24N4O3S/c1-21(2)26(24,25)22-9-3-4-16(12-22)18-11-19-10-17(20-18)15-7-5-14(13-23)6-8-15/h5-8,10-11,16,23H,3-4,9,12-13H2,1-2H3. The first kappa shape index (κ1) is 18.9. The first-order valence-corrected chi connectivity index (χ1v) is 10.0. The molecule has 0 radical (unpaired) electrons. The van der Waals surface area contributed by atoms with Crippen molar-refractivity contribution >= 4 is 10.2 Å². The zero-order chi connectivity index (χ0) is 18.7. The van der Waals surface area contributed by atoms with Crippen molar-refractivity contribution in [2.45, 2.75) is 25.4 Å². The third kappa shape index (κ3) is 3.93. The van der Waals surface area contributed by atoms with E-state index in [4.69, 9.17) is 10.1 Å². The Balaban J connectivity index is 1.83. The van der Waals surface area contributed by atoms with Gasteiger partial charge in [-0.05, 0) is 18.4 Å². The molecule has 0 spiro atoms. The molecular weight excluding hydrogens is 352 g/mol. The number of benzene rings is 1. The average Bonchev–Trinajstić information content (AvgIpc) is 2.68. The van der Waals surface area contributed by atoms with Crippen LogP contribution < -0.4 is 0 Å². The van der Waals surface area contributed by atoms with E-state index >= 15 is 0 Å². The monoisotopic (exact) mass is 376 g/mol. The Kier molecular flexibility index (Phi) is 5.67. The molecule has 1 fully saturated rings. The number of nitrogens with zero attached hydrogens (tertiary/aromatic N) is 4. The predicted molar refractivity (Wildman–Crippen MR) is 99.5 cm³/mol. The fraction of sp³-hybridized carbons (Fsp3) is 0.444. The summed E-state index contributed by atoms with van der Waals surface area (Å²) in [6.45, 7) is 0.957. The summed E-state index contributed by atoms with van der Waals surface area (Å²) < 4.78 is 27.6. The van der Waals surface area contributed by atoms with Gasteiger partial charge in [-0.15, -0.1) is 0 Å². The highest BCUT2D eigenvalue weighted by atomic mass is 32.2. The van der Waals surface area contributed by atoms with Gasteiger partial charge in [0.1, 0.15) is 0 Å². The van der Waals surface area contributed by atoms with Gasteiger partial charge in [-0.1, -0.05) is 24.3 Å². The number of aliphatic hydroxyl groups is 1. The molecule has 1 unspecified atom stereocenters.